The third kappa shape index (κ3) is 6.03. The fourth-order valence-corrected chi connectivity index (χ4v) is 1.49. The van der Waals surface area contributed by atoms with Crippen LogP contribution >= 0.6 is 0 Å². The largest absolute Gasteiger partial charge is 0.481 e. The molecule has 0 radical (unpaired) electrons. The number of hydrogen-bond donors (Lipinski definition) is 1. The Morgan fingerprint density at radius 3 is 2.21 bits per heavy atom. The van der Waals surface area contributed by atoms with Crippen LogP contribution in [0.4, 0.5) is 0 Å². The van der Waals surface area contributed by atoms with Crippen LogP contribution in [0.5, 0.6) is 0 Å². The van der Waals surface area contributed by atoms with E-state index in [0.29, 0.717) is 0 Å². The smallest absolute Gasteiger partial charge is 0.333 e. The van der Waals surface area contributed by atoms with Gasteiger partial charge in [-0.1, -0.05) is 19.9 Å². The van der Waals surface area contributed by atoms with Gasteiger partial charge in [-0.15, -0.1) is 0 Å². The Morgan fingerprint density at radius 2 is 1.84 bits per heavy atom. The number of carboxylic acid groups (broad SMARTS) is 1. The summed E-state index contributed by atoms with van der Waals surface area (Å²) in [6.45, 7) is 5.35. The average Bonchev–Trinajstić information content (AvgIpc) is 2.32. The minimum Gasteiger partial charge on any atom is -0.481 e. The molecule has 0 saturated heterocycles. The van der Waals surface area contributed by atoms with E-state index < -0.39 is 23.8 Å². The number of hydrogen-bond acceptors (Lipinski definition) is 5. The summed E-state index contributed by atoms with van der Waals surface area (Å²) in [5, 5.41) is 9.03. The summed E-state index contributed by atoms with van der Waals surface area (Å²) in [6, 6.07) is 0. The zero-order valence-electron chi connectivity index (χ0n) is 11.6. The Morgan fingerprint density at radius 1 is 1.26 bits per heavy atom. The monoisotopic (exact) mass is 272 g/mol. The maximum Gasteiger partial charge on any atom is 0.333 e. The van der Waals surface area contributed by atoms with Crippen molar-refractivity contribution in [2.75, 3.05) is 13.7 Å². The number of rotatable bonds is 7. The molecule has 6 heteroatoms. The summed E-state index contributed by atoms with van der Waals surface area (Å²) in [6.07, 6.45) is 1.35. The van der Waals surface area contributed by atoms with Crippen LogP contribution in [0, 0.1) is 11.8 Å². The lowest BCUT2D eigenvalue weighted by atomic mass is 9.97. The topological polar surface area (TPSA) is 89.9 Å². The molecule has 0 aromatic rings. The average molecular weight is 272 g/mol. The molecule has 108 valence electrons. The second-order valence-electron chi connectivity index (χ2n) is 4.27. The molecule has 1 atom stereocenters. The molecule has 0 saturated carbocycles. The number of aliphatic carboxylic acids is 1. The first-order valence-corrected chi connectivity index (χ1v) is 6.01. The lowest BCUT2D eigenvalue weighted by Gasteiger charge is -2.13. The third-order valence-corrected chi connectivity index (χ3v) is 2.28. The number of carboxylic acids is 1. The van der Waals surface area contributed by atoms with Gasteiger partial charge in [0.15, 0.2) is 5.92 Å². The first kappa shape index (κ1) is 17.2. The van der Waals surface area contributed by atoms with Gasteiger partial charge in [-0.3, -0.25) is 9.59 Å². The van der Waals surface area contributed by atoms with E-state index >= 15 is 0 Å². The summed E-state index contributed by atoms with van der Waals surface area (Å²) in [4.78, 5) is 34.2. The predicted octanol–water partition coefficient (Wildman–Crippen LogP) is 1.40. The third-order valence-electron chi connectivity index (χ3n) is 2.28. The van der Waals surface area contributed by atoms with Gasteiger partial charge in [-0.25, -0.2) is 4.79 Å². The lowest BCUT2D eigenvalue weighted by molar-refractivity contribution is -0.158. The normalized spacial score (nSPS) is 13.0. The van der Waals surface area contributed by atoms with Crippen LogP contribution < -0.4 is 0 Å². The molecule has 0 rings (SSSR count). The minimum atomic E-state index is -1.40. The maximum atomic E-state index is 11.6. The van der Waals surface area contributed by atoms with Gasteiger partial charge in [0.2, 0.25) is 0 Å². The first-order chi connectivity index (χ1) is 8.83. The van der Waals surface area contributed by atoms with E-state index in [0.717, 1.165) is 0 Å². The quantitative estimate of drug-likeness (QED) is 0.428. The molecule has 0 spiro atoms. The molecule has 6 nitrogen and oxygen atoms in total. The molecule has 0 aliphatic heterocycles. The van der Waals surface area contributed by atoms with E-state index in [9.17, 15) is 14.4 Å². The van der Waals surface area contributed by atoms with Gasteiger partial charge in [-0.05, 0) is 12.8 Å². The maximum absolute atomic E-state index is 11.6. The molecule has 1 N–H and O–H groups in total. The minimum absolute atomic E-state index is 0.0331. The molecule has 19 heavy (non-hydrogen) atoms. The summed E-state index contributed by atoms with van der Waals surface area (Å²) in [7, 11) is 1.20. The Balaban J connectivity index is 5.11. The molecular formula is C13H20O6. The summed E-state index contributed by atoms with van der Waals surface area (Å²) >= 11 is 0. The van der Waals surface area contributed by atoms with E-state index in [2.05, 4.69) is 9.47 Å². The van der Waals surface area contributed by atoms with Crippen molar-refractivity contribution in [3.8, 4) is 0 Å². The fourth-order valence-electron chi connectivity index (χ4n) is 1.49. The first-order valence-electron chi connectivity index (χ1n) is 6.01. The molecule has 0 amide bonds. The van der Waals surface area contributed by atoms with Crippen molar-refractivity contribution >= 4 is 17.9 Å². The van der Waals surface area contributed by atoms with Crippen LogP contribution in [0.25, 0.3) is 0 Å². The van der Waals surface area contributed by atoms with Gasteiger partial charge in [-0.2, -0.15) is 0 Å². The molecule has 0 aromatic carbocycles. The van der Waals surface area contributed by atoms with Crippen molar-refractivity contribution in [2.45, 2.75) is 27.2 Å². The number of esters is 2. The van der Waals surface area contributed by atoms with Crippen molar-refractivity contribution in [2.24, 2.45) is 11.8 Å². The number of carbonyl (C=O) groups excluding carboxylic acids is 2. The van der Waals surface area contributed by atoms with E-state index in [1.54, 1.807) is 13.0 Å². The highest BCUT2D eigenvalue weighted by Crippen LogP contribution is 2.17. The molecular weight excluding hydrogens is 252 g/mol. The van der Waals surface area contributed by atoms with E-state index in [-0.39, 0.29) is 24.5 Å². The number of methoxy groups -OCH3 is 1. The molecule has 0 bridgehead atoms. The Kier molecular flexibility index (Phi) is 7.48. The zero-order valence-corrected chi connectivity index (χ0v) is 11.6. The molecule has 0 aliphatic carbocycles. The van der Waals surface area contributed by atoms with E-state index in [4.69, 9.17) is 5.11 Å². The Hall–Kier alpha value is -1.85. The SMILES string of the molecule is CCOC(=O)C(C/C(=C\C(C)C)C(=O)OC)C(=O)O. The van der Waals surface area contributed by atoms with Gasteiger partial charge < -0.3 is 14.6 Å². The van der Waals surface area contributed by atoms with Crippen molar-refractivity contribution in [3.63, 3.8) is 0 Å². The number of ether oxygens (including phenoxy) is 2. The van der Waals surface area contributed by atoms with Gasteiger partial charge in [0.25, 0.3) is 0 Å². The van der Waals surface area contributed by atoms with Gasteiger partial charge in [0.1, 0.15) is 0 Å². The van der Waals surface area contributed by atoms with Gasteiger partial charge >= 0.3 is 17.9 Å². The number of allylic oxidation sites excluding steroid dienone is 1. The predicted molar refractivity (Wildman–Crippen MR) is 67.3 cm³/mol. The van der Waals surface area contributed by atoms with Gasteiger partial charge in [0.05, 0.1) is 13.7 Å². The van der Waals surface area contributed by atoms with Crippen LogP contribution in [0.3, 0.4) is 0 Å². The van der Waals surface area contributed by atoms with Gasteiger partial charge in [0, 0.05) is 12.0 Å². The van der Waals surface area contributed by atoms with Crippen LogP contribution in [-0.2, 0) is 23.9 Å². The highest BCUT2D eigenvalue weighted by atomic mass is 16.5. The molecule has 0 aliphatic rings. The van der Waals surface area contributed by atoms with Crippen LogP contribution in [0.15, 0.2) is 11.6 Å². The Bertz CT molecular complexity index is 369. The van der Waals surface area contributed by atoms with Crippen molar-refractivity contribution in [1.82, 2.24) is 0 Å². The van der Waals surface area contributed by atoms with E-state index in [1.807, 2.05) is 13.8 Å². The van der Waals surface area contributed by atoms with E-state index in [1.165, 1.54) is 7.11 Å². The molecule has 0 aromatic heterocycles. The summed E-state index contributed by atoms with van der Waals surface area (Å²) < 4.78 is 9.27. The highest BCUT2D eigenvalue weighted by Gasteiger charge is 2.30. The molecule has 1 unspecified atom stereocenters. The second kappa shape index (κ2) is 8.29. The van der Waals surface area contributed by atoms with Crippen molar-refractivity contribution in [3.05, 3.63) is 11.6 Å². The number of carbonyl (C=O) groups is 3. The Labute approximate surface area is 112 Å². The highest BCUT2D eigenvalue weighted by molar-refractivity contribution is 5.97. The standard InChI is InChI=1S/C13H20O6/c1-5-19-13(17)10(11(14)15)7-9(6-8(2)3)12(16)18-4/h6,8,10H,5,7H2,1-4H3,(H,14,15)/b9-6+. The van der Waals surface area contributed by atoms with Crippen molar-refractivity contribution < 1.29 is 29.0 Å². The lowest BCUT2D eigenvalue weighted by Crippen LogP contribution is -2.28. The van der Waals surface area contributed by atoms with Crippen LogP contribution in [0.1, 0.15) is 27.2 Å². The molecule has 0 heterocycles. The molecule has 0 fully saturated rings. The second-order valence-corrected chi connectivity index (χ2v) is 4.27. The zero-order chi connectivity index (χ0) is 15.0. The van der Waals surface area contributed by atoms with Crippen LogP contribution in [-0.4, -0.2) is 36.7 Å². The fraction of sp³-hybridized carbons (Fsp3) is 0.615. The van der Waals surface area contributed by atoms with Crippen LogP contribution in [0.2, 0.25) is 0 Å². The summed E-state index contributed by atoms with van der Waals surface area (Å²) in [5.74, 6) is -4.18. The van der Waals surface area contributed by atoms with Crippen molar-refractivity contribution in [1.29, 1.82) is 0 Å². The summed E-state index contributed by atoms with van der Waals surface area (Å²) in [5.41, 5.74) is 0.165.